The number of carbonyl (C=O) groups excluding carboxylic acids is 1. The lowest BCUT2D eigenvalue weighted by atomic mass is 10.3. The molecule has 0 aliphatic heterocycles. The van der Waals surface area contributed by atoms with Crippen molar-refractivity contribution in [3.8, 4) is 0 Å². The first-order chi connectivity index (χ1) is 6.64. The van der Waals surface area contributed by atoms with Crippen molar-refractivity contribution in [1.82, 2.24) is 4.90 Å². The maximum absolute atomic E-state index is 12.8. The summed E-state index contributed by atoms with van der Waals surface area (Å²) in [5, 5.41) is -4.77. The maximum Gasteiger partial charge on any atom is 0.446 e. The highest BCUT2D eigenvalue weighted by Gasteiger charge is 2.53. The van der Waals surface area contributed by atoms with E-state index in [1.54, 1.807) is 6.92 Å². The minimum atomic E-state index is -5.70. The molecule has 90 valence electrons. The highest BCUT2D eigenvalue weighted by Crippen LogP contribution is 2.22. The van der Waals surface area contributed by atoms with Crippen LogP contribution in [0.1, 0.15) is 19.8 Å². The molecule has 0 fully saturated rings. The highest BCUT2D eigenvalue weighted by atomic mass is 32.2. The fraction of sp³-hybridized carbons (Fsp3) is 0.857. The third-order valence-electron chi connectivity index (χ3n) is 1.77. The lowest BCUT2D eigenvalue weighted by Crippen LogP contribution is -2.46. The molecule has 0 aromatic carbocycles. The molecule has 1 N–H and O–H groups in total. The number of amides is 1. The fourth-order valence-corrected chi connectivity index (χ4v) is 1.21. The average molecular weight is 245 g/mol. The molecule has 0 rings (SSSR count). The summed E-state index contributed by atoms with van der Waals surface area (Å²) in [5.41, 5.74) is 0. The Bertz CT molecular complexity index is 328. The number of hydrogen-bond acceptors (Lipinski definition) is 3. The molecule has 0 saturated carbocycles. The van der Waals surface area contributed by atoms with Crippen molar-refractivity contribution in [1.29, 1.82) is 0 Å². The fourth-order valence-electron chi connectivity index (χ4n) is 0.829. The number of halogens is 2. The van der Waals surface area contributed by atoms with E-state index < -0.39 is 21.3 Å². The molecule has 0 atom stereocenters. The standard InChI is InChI=1S/C7H13F2NO4S/c1-3-4-5-10(2)6(11)7(8,9)15(12,13)14/h3-5H2,1-2H3,(H,12,13,14). The largest absolute Gasteiger partial charge is 0.446 e. The second kappa shape index (κ2) is 4.84. The Morgan fingerprint density at radius 3 is 2.27 bits per heavy atom. The predicted molar refractivity (Wildman–Crippen MR) is 49.0 cm³/mol. The van der Waals surface area contributed by atoms with Crippen LogP contribution in [0.15, 0.2) is 0 Å². The Balaban J connectivity index is 4.71. The van der Waals surface area contributed by atoms with E-state index in [4.69, 9.17) is 4.55 Å². The Labute approximate surface area is 86.8 Å². The molecule has 0 aliphatic rings. The van der Waals surface area contributed by atoms with E-state index in [9.17, 15) is 22.0 Å². The Morgan fingerprint density at radius 1 is 1.47 bits per heavy atom. The van der Waals surface area contributed by atoms with Crippen LogP contribution < -0.4 is 0 Å². The van der Waals surface area contributed by atoms with Crippen molar-refractivity contribution in [2.24, 2.45) is 0 Å². The molecule has 0 saturated heterocycles. The lowest BCUT2D eigenvalue weighted by molar-refractivity contribution is -0.146. The molecule has 0 aliphatic carbocycles. The second-order valence-electron chi connectivity index (χ2n) is 3.07. The van der Waals surface area contributed by atoms with Crippen LogP contribution in [0, 0.1) is 0 Å². The van der Waals surface area contributed by atoms with Gasteiger partial charge in [0.2, 0.25) is 0 Å². The minimum absolute atomic E-state index is 0.0143. The first kappa shape index (κ1) is 14.2. The molecule has 0 bridgehead atoms. The molecule has 1 amide bonds. The van der Waals surface area contributed by atoms with E-state index in [0.29, 0.717) is 17.7 Å². The average Bonchev–Trinajstić information content (AvgIpc) is 2.10. The van der Waals surface area contributed by atoms with Crippen LogP contribution in [-0.4, -0.2) is 42.6 Å². The van der Waals surface area contributed by atoms with Crippen molar-refractivity contribution in [3.63, 3.8) is 0 Å². The molecule has 0 aromatic heterocycles. The van der Waals surface area contributed by atoms with Crippen molar-refractivity contribution in [2.75, 3.05) is 13.6 Å². The summed E-state index contributed by atoms with van der Waals surface area (Å²) in [6, 6.07) is 0. The van der Waals surface area contributed by atoms with Crippen LogP contribution in [0.4, 0.5) is 8.78 Å². The van der Waals surface area contributed by atoms with Gasteiger partial charge in [0, 0.05) is 13.6 Å². The Kier molecular flexibility index (Phi) is 4.60. The zero-order valence-corrected chi connectivity index (χ0v) is 9.22. The van der Waals surface area contributed by atoms with Gasteiger partial charge in [-0.05, 0) is 6.42 Å². The molecule has 0 aromatic rings. The van der Waals surface area contributed by atoms with Crippen molar-refractivity contribution in [3.05, 3.63) is 0 Å². The van der Waals surface area contributed by atoms with Gasteiger partial charge in [-0.2, -0.15) is 17.2 Å². The van der Waals surface area contributed by atoms with Gasteiger partial charge in [-0.25, -0.2) is 0 Å². The third-order valence-corrected chi connectivity index (χ3v) is 2.59. The van der Waals surface area contributed by atoms with E-state index in [-0.39, 0.29) is 6.54 Å². The maximum atomic E-state index is 12.8. The molecular formula is C7H13F2NO4S. The lowest BCUT2D eigenvalue weighted by Gasteiger charge is -2.20. The summed E-state index contributed by atoms with van der Waals surface area (Å²) in [4.78, 5) is 11.5. The van der Waals surface area contributed by atoms with Gasteiger partial charge in [-0.15, -0.1) is 0 Å². The molecule has 8 heteroatoms. The first-order valence-electron chi connectivity index (χ1n) is 4.25. The van der Waals surface area contributed by atoms with Gasteiger partial charge >= 0.3 is 21.3 Å². The molecule has 0 unspecified atom stereocenters. The SMILES string of the molecule is CCCCN(C)C(=O)C(F)(F)S(=O)(=O)O. The zero-order valence-electron chi connectivity index (χ0n) is 8.40. The van der Waals surface area contributed by atoms with E-state index in [1.807, 2.05) is 0 Å². The first-order valence-corrected chi connectivity index (χ1v) is 5.69. The van der Waals surface area contributed by atoms with Crippen LogP contribution >= 0.6 is 0 Å². The summed E-state index contributed by atoms with van der Waals surface area (Å²) < 4.78 is 54.2. The van der Waals surface area contributed by atoms with E-state index >= 15 is 0 Å². The molecule has 0 heterocycles. The summed E-state index contributed by atoms with van der Waals surface area (Å²) in [7, 11) is -4.64. The zero-order chi connectivity index (χ0) is 12.3. The topological polar surface area (TPSA) is 74.7 Å². The van der Waals surface area contributed by atoms with Gasteiger partial charge in [0.25, 0.3) is 0 Å². The summed E-state index contributed by atoms with van der Waals surface area (Å²) in [6.07, 6.45) is 1.15. The number of rotatable bonds is 5. The molecule has 15 heavy (non-hydrogen) atoms. The van der Waals surface area contributed by atoms with Gasteiger partial charge < -0.3 is 4.90 Å². The summed E-state index contributed by atoms with van der Waals surface area (Å²) in [6.45, 7) is 1.81. The van der Waals surface area contributed by atoms with Crippen LogP contribution in [0.2, 0.25) is 0 Å². The van der Waals surface area contributed by atoms with Gasteiger partial charge in [0.05, 0.1) is 0 Å². The number of alkyl halides is 2. The number of nitrogens with zero attached hydrogens (tertiary/aromatic N) is 1. The molecule has 0 spiro atoms. The molecule has 0 radical (unpaired) electrons. The Morgan fingerprint density at radius 2 is 1.93 bits per heavy atom. The normalized spacial score (nSPS) is 12.6. The predicted octanol–water partition coefficient (Wildman–Crippen LogP) is 0.726. The van der Waals surface area contributed by atoms with Crippen LogP contribution in [0.5, 0.6) is 0 Å². The van der Waals surface area contributed by atoms with E-state index in [1.165, 1.54) is 0 Å². The number of unbranched alkanes of at least 4 members (excludes halogenated alkanes) is 1. The van der Waals surface area contributed by atoms with Crippen molar-refractivity contribution >= 4 is 16.0 Å². The van der Waals surface area contributed by atoms with E-state index in [0.717, 1.165) is 7.05 Å². The Hall–Kier alpha value is -0.760. The van der Waals surface area contributed by atoms with Crippen molar-refractivity contribution < 1.29 is 26.5 Å². The molecular weight excluding hydrogens is 232 g/mol. The van der Waals surface area contributed by atoms with Crippen LogP contribution in [0.25, 0.3) is 0 Å². The number of carbonyl (C=O) groups is 1. The quantitative estimate of drug-likeness (QED) is 0.724. The number of hydrogen-bond donors (Lipinski definition) is 1. The van der Waals surface area contributed by atoms with Gasteiger partial charge in [0.1, 0.15) is 0 Å². The van der Waals surface area contributed by atoms with Gasteiger partial charge in [-0.3, -0.25) is 9.35 Å². The van der Waals surface area contributed by atoms with Crippen LogP contribution in [0.3, 0.4) is 0 Å². The summed E-state index contributed by atoms with van der Waals surface area (Å²) in [5.74, 6) is -1.92. The molecule has 5 nitrogen and oxygen atoms in total. The summed E-state index contributed by atoms with van der Waals surface area (Å²) >= 11 is 0. The highest BCUT2D eigenvalue weighted by molar-refractivity contribution is 7.87. The van der Waals surface area contributed by atoms with Gasteiger partial charge in [-0.1, -0.05) is 13.3 Å². The van der Waals surface area contributed by atoms with E-state index in [2.05, 4.69) is 0 Å². The third kappa shape index (κ3) is 3.38. The minimum Gasteiger partial charge on any atom is -0.339 e. The monoisotopic (exact) mass is 245 g/mol. The van der Waals surface area contributed by atoms with Crippen LogP contribution in [-0.2, 0) is 14.9 Å². The van der Waals surface area contributed by atoms with Crippen molar-refractivity contribution in [2.45, 2.75) is 25.0 Å². The smallest absolute Gasteiger partial charge is 0.339 e. The second-order valence-corrected chi connectivity index (χ2v) is 4.53. The van der Waals surface area contributed by atoms with Gasteiger partial charge in [0.15, 0.2) is 0 Å².